The summed E-state index contributed by atoms with van der Waals surface area (Å²) in [6.07, 6.45) is 2.42. The summed E-state index contributed by atoms with van der Waals surface area (Å²) in [4.78, 5) is 161. The topological polar surface area (TPSA) is 423 Å². The number of hydrogen-bond donors (Lipinski definition) is 11. The molecular weight excluding hydrogens is 1490 g/mol. The quantitative estimate of drug-likeness (QED) is 0.0537. The van der Waals surface area contributed by atoms with E-state index >= 15 is 24.0 Å². The Kier molecular flexibility index (Phi) is 27.3. The van der Waals surface area contributed by atoms with Gasteiger partial charge in [-0.25, -0.2) is 14.2 Å². The average Bonchev–Trinajstić information content (AvgIpc) is 1.62. The van der Waals surface area contributed by atoms with Gasteiger partial charge in [0.15, 0.2) is 0 Å². The first-order valence-corrected chi connectivity index (χ1v) is 39.0. The van der Waals surface area contributed by atoms with Crippen molar-refractivity contribution in [2.24, 2.45) is 10.8 Å². The molecule has 8 aromatic rings. The van der Waals surface area contributed by atoms with Gasteiger partial charge in [-0.3, -0.25) is 47.9 Å². The lowest BCUT2D eigenvalue weighted by atomic mass is 9.85. The van der Waals surface area contributed by atoms with Crippen molar-refractivity contribution < 1.29 is 72.4 Å². The maximum atomic E-state index is 15.5. The van der Waals surface area contributed by atoms with E-state index in [1.165, 1.54) is 19.2 Å². The van der Waals surface area contributed by atoms with E-state index in [1.54, 1.807) is 130 Å². The number of nitrogens with zero attached hydrogens (tertiary/aromatic N) is 8. The molecule has 8 heterocycles. The summed E-state index contributed by atoms with van der Waals surface area (Å²) >= 11 is 0. The molecule has 2 aromatic heterocycles. The molecule has 32 heteroatoms. The smallest absolute Gasteiger partial charge is 0.326 e. The second-order valence-corrected chi connectivity index (χ2v) is 32.2. The van der Waals surface area contributed by atoms with Crippen molar-refractivity contribution in [2.75, 3.05) is 33.7 Å². The summed E-state index contributed by atoms with van der Waals surface area (Å²) in [5, 5.41) is 67.4. The fourth-order valence-corrected chi connectivity index (χ4v) is 14.5. The molecule has 12 bridgehead atoms. The van der Waals surface area contributed by atoms with Crippen LogP contribution in [0.2, 0.25) is 0 Å². The van der Waals surface area contributed by atoms with Crippen molar-refractivity contribution in [1.29, 1.82) is 0 Å². The highest BCUT2D eigenvalue weighted by Crippen LogP contribution is 2.35. The number of fused-ring (bicyclic) bond motifs is 2. The Morgan fingerprint density at radius 3 is 1.33 bits per heavy atom. The Bertz CT molecular complexity index is 4900. The van der Waals surface area contributed by atoms with Crippen molar-refractivity contribution in [3.05, 3.63) is 179 Å². The number of hydrogen-bond acceptors (Lipinski definition) is 19. The zero-order valence-electron chi connectivity index (χ0n) is 66.8. The van der Waals surface area contributed by atoms with Gasteiger partial charge in [-0.1, -0.05) is 161 Å². The number of aliphatic carboxylic acids is 2. The number of carbonyl (C=O) groups is 11. The highest BCUT2D eigenvalue weighted by Gasteiger charge is 2.49. The molecule has 6 aliphatic rings. The van der Waals surface area contributed by atoms with E-state index in [0.29, 0.717) is 45.1 Å². The number of aromatic nitrogens is 6. The molecule has 6 aliphatic heterocycles. The molecule has 11 N–H and O–H groups in total. The lowest BCUT2D eigenvalue weighted by Gasteiger charge is -2.36. The maximum absolute atomic E-state index is 15.5. The number of carboxylic acids is 2. The number of ether oxygens (including phenoxy) is 2. The Labute approximate surface area is 671 Å². The molecule has 0 spiro atoms. The molecule has 2 fully saturated rings. The minimum atomic E-state index is -1.53. The van der Waals surface area contributed by atoms with E-state index in [4.69, 9.17) is 9.47 Å². The van der Waals surface area contributed by atoms with Gasteiger partial charge in [0.05, 0.1) is 36.6 Å². The van der Waals surface area contributed by atoms with Crippen LogP contribution in [0, 0.1) is 10.8 Å². The van der Waals surface area contributed by atoms with Crippen LogP contribution in [-0.2, 0) is 91.6 Å². The van der Waals surface area contributed by atoms with E-state index in [2.05, 4.69) is 68.5 Å². The fraction of sp³-hybridized carbons (Fsp3) is 0.440. The number of carbonyl (C=O) groups excluding carboxylic acids is 9. The van der Waals surface area contributed by atoms with Crippen molar-refractivity contribution in [1.82, 2.24) is 87.6 Å². The summed E-state index contributed by atoms with van der Waals surface area (Å²) in [6, 6.07) is 26.1. The van der Waals surface area contributed by atoms with Crippen LogP contribution in [0.3, 0.4) is 0 Å². The zero-order chi connectivity index (χ0) is 83.3. The van der Waals surface area contributed by atoms with Gasteiger partial charge in [-0.15, -0.1) is 10.2 Å². The minimum Gasteiger partial charge on any atom is -0.487 e. The first-order valence-electron chi connectivity index (χ1n) is 39.0. The normalized spacial score (nSPS) is 21.1. The van der Waals surface area contributed by atoms with E-state index in [9.17, 15) is 39.0 Å². The average molecular weight is 1590 g/mol. The number of carboxylic acid groups (broad SMARTS) is 2. The van der Waals surface area contributed by atoms with Crippen LogP contribution in [0.25, 0.3) is 21.5 Å². The summed E-state index contributed by atoms with van der Waals surface area (Å²) in [5.74, 6) is -7.58. The van der Waals surface area contributed by atoms with E-state index < -0.39 is 148 Å². The molecule has 9 amide bonds. The van der Waals surface area contributed by atoms with Gasteiger partial charge in [0, 0.05) is 64.6 Å². The molecule has 14 rings (SSSR count). The molecular formula is C84H103N17O15. The van der Waals surface area contributed by atoms with Gasteiger partial charge in [0.1, 0.15) is 84.4 Å². The molecule has 614 valence electrons. The second-order valence-electron chi connectivity index (χ2n) is 32.2. The molecule has 0 saturated carbocycles. The number of likely N-dealkylation sites (tertiary alicyclic amines) is 2. The second kappa shape index (κ2) is 37.4. The predicted octanol–water partition coefficient (Wildman–Crippen LogP) is 4.18. The summed E-state index contributed by atoms with van der Waals surface area (Å²) in [6.45, 7) is 13.5. The first kappa shape index (κ1) is 84.7. The van der Waals surface area contributed by atoms with Gasteiger partial charge < -0.3 is 77.3 Å². The Morgan fingerprint density at radius 1 is 0.526 bits per heavy atom. The Hall–Kier alpha value is -12.2. The van der Waals surface area contributed by atoms with Crippen molar-refractivity contribution in [2.45, 2.75) is 192 Å². The SMILES string of the molecule is CNC(C)C(=O)NC(C(=O)N1CC2CC1C(=O)NC(Cc1ccc3ccccc3c1)C(=O)NC(C(=O)O)Cc1ccc(cc1)OCc1cn(nn1)C1CC(C(=O)NC(Cc3ccc4ccccc4c3)C(=O)NC(C(=O)NCCCC(=O)O)Cc3ccc(cc3)OCc3cn2nn3)N(C(=O)C(NC(=O)C(C)NC)C(C)(C)C)C1)C(C)(C)C. The highest BCUT2D eigenvalue weighted by molar-refractivity contribution is 5.99. The highest BCUT2D eigenvalue weighted by atomic mass is 16.5. The number of rotatable bonds is 18. The molecule has 6 aromatic carbocycles. The van der Waals surface area contributed by atoms with Crippen molar-refractivity contribution in [3.8, 4) is 11.5 Å². The number of likely N-dealkylation sites (N-methyl/N-ethyl adjacent to an activating group) is 2. The lowest BCUT2D eigenvalue weighted by molar-refractivity contribution is -0.145. The molecule has 0 radical (unpaired) electrons. The van der Waals surface area contributed by atoms with Gasteiger partial charge in [-0.2, -0.15) is 0 Å². The molecule has 32 nitrogen and oxygen atoms in total. The van der Waals surface area contributed by atoms with E-state index in [0.717, 1.165) is 21.5 Å². The van der Waals surface area contributed by atoms with Crippen LogP contribution in [0.15, 0.2) is 146 Å². The lowest BCUT2D eigenvalue weighted by Crippen LogP contribution is -2.61. The van der Waals surface area contributed by atoms with Crippen molar-refractivity contribution >= 4 is 86.6 Å². The third-order valence-corrected chi connectivity index (χ3v) is 21.4. The van der Waals surface area contributed by atoms with Gasteiger partial charge in [0.2, 0.25) is 53.2 Å². The van der Waals surface area contributed by atoms with Crippen LogP contribution in [0.1, 0.15) is 127 Å². The van der Waals surface area contributed by atoms with E-state index in [-0.39, 0.29) is 84.2 Å². The third-order valence-electron chi connectivity index (χ3n) is 21.4. The molecule has 12 unspecified atom stereocenters. The number of nitrogens with one attached hydrogen (secondary N) is 9. The van der Waals surface area contributed by atoms with Crippen LogP contribution < -0.4 is 57.3 Å². The van der Waals surface area contributed by atoms with E-state index in [1.807, 2.05) is 84.9 Å². The molecule has 2 saturated heterocycles. The Balaban J connectivity index is 0.942. The zero-order valence-corrected chi connectivity index (χ0v) is 66.8. The van der Waals surface area contributed by atoms with Crippen LogP contribution in [0.4, 0.5) is 0 Å². The van der Waals surface area contributed by atoms with Gasteiger partial charge in [-0.05, 0) is 113 Å². The third kappa shape index (κ3) is 21.6. The van der Waals surface area contributed by atoms with Gasteiger partial charge in [0.25, 0.3) is 0 Å². The monoisotopic (exact) mass is 1590 g/mol. The largest absolute Gasteiger partial charge is 0.487 e. The minimum absolute atomic E-state index is 0.0514. The summed E-state index contributed by atoms with van der Waals surface area (Å²) < 4.78 is 15.5. The number of amides is 9. The predicted molar refractivity (Wildman–Crippen MR) is 428 cm³/mol. The van der Waals surface area contributed by atoms with Gasteiger partial charge >= 0.3 is 11.9 Å². The summed E-state index contributed by atoms with van der Waals surface area (Å²) in [5.41, 5.74) is 1.17. The first-order chi connectivity index (χ1) is 55.3. The standard InChI is InChI=1S/C84H103N17O15/c1-48(85-9)73(104)92-71(83(3,4)5)80(111)98-44-60-40-68(98)78(109)89-65(38-52-21-27-54-16-11-13-18-56(54)34-52)76(107)88-64(75(106)87-33-15-20-70(102)103)36-50-23-29-62(30-24-50)115-46-58-42-101(96-94-58)61-41-69(99(45-61)81(112)72(84(6,7)8)93-74(105)49(2)86-10)79(110)90-66(39-53-22-28-55-17-12-14-19-57(55)35-53)77(108)91-67(82(113)114)37-51-25-31-63(32-26-51)116-47-59-43-100(60)97-95-59/h11-14,16-19,21-32,34-35,42-43,48-49,60-61,64-69,71-72,85-86H,15,20,33,36-41,44-47H2,1-10H3,(H,87,106)(H,88,107)(H,89,109)(H,90,110)(H,91,108)(H,92,104)(H,93,105)(H,102,103)(H,113,114). The molecule has 12 atom stereocenters. The molecule has 0 aliphatic carbocycles. The van der Waals surface area contributed by atoms with Crippen LogP contribution in [-0.4, -0.2) is 209 Å². The number of benzene rings is 6. The van der Waals surface area contributed by atoms with Crippen LogP contribution in [0.5, 0.6) is 11.5 Å². The summed E-state index contributed by atoms with van der Waals surface area (Å²) in [7, 11) is 3.22. The maximum Gasteiger partial charge on any atom is 0.326 e. The fourth-order valence-electron chi connectivity index (χ4n) is 14.5. The van der Waals surface area contributed by atoms with Crippen LogP contribution >= 0.6 is 0 Å². The Morgan fingerprint density at radius 2 is 0.931 bits per heavy atom. The van der Waals surface area contributed by atoms with Crippen molar-refractivity contribution in [3.63, 3.8) is 0 Å². The molecule has 116 heavy (non-hydrogen) atoms.